The Hall–Kier alpha value is -2.64. The number of rotatable bonds is 7. The summed E-state index contributed by atoms with van der Waals surface area (Å²) < 4.78 is 0. The Kier molecular flexibility index (Phi) is 7.15. The maximum Gasteiger partial charge on any atom is 0.269 e. The molecule has 1 N–H and O–H groups in total. The Labute approximate surface area is 166 Å². The van der Waals surface area contributed by atoms with E-state index in [1.54, 1.807) is 25.2 Å². The van der Waals surface area contributed by atoms with Crippen molar-refractivity contribution in [3.8, 4) is 0 Å². The van der Waals surface area contributed by atoms with Crippen LogP contribution in [0.5, 0.6) is 0 Å². The SMILES string of the molecule is CN(Cc1cccc(Cl)c1Cl)C(=O)CCNC(=O)c1ccc([N+](=O)[O-])cc1. The first kappa shape index (κ1) is 20.7. The third-order valence-corrected chi connectivity index (χ3v) is 4.69. The Morgan fingerprint density at radius 1 is 1.15 bits per heavy atom. The topological polar surface area (TPSA) is 92.6 Å². The lowest BCUT2D eigenvalue weighted by molar-refractivity contribution is -0.384. The van der Waals surface area contributed by atoms with Crippen LogP contribution in [0.2, 0.25) is 10.0 Å². The standard InChI is InChI=1S/C18H17Cl2N3O4/c1-22(11-13-3-2-4-15(19)17(13)20)16(24)9-10-21-18(25)12-5-7-14(8-6-12)23(26)27/h2-8H,9-11H2,1H3,(H,21,25). The fourth-order valence-electron chi connectivity index (χ4n) is 2.32. The van der Waals surface area contributed by atoms with Gasteiger partial charge in [-0.3, -0.25) is 19.7 Å². The molecule has 0 bridgehead atoms. The van der Waals surface area contributed by atoms with Crippen molar-refractivity contribution in [1.82, 2.24) is 10.2 Å². The number of amides is 2. The van der Waals surface area contributed by atoms with Crippen LogP contribution < -0.4 is 5.32 Å². The number of carbonyl (C=O) groups is 2. The fraction of sp³-hybridized carbons (Fsp3) is 0.222. The van der Waals surface area contributed by atoms with Gasteiger partial charge in [0.2, 0.25) is 5.91 Å². The van der Waals surface area contributed by atoms with Crippen molar-refractivity contribution in [2.24, 2.45) is 0 Å². The van der Waals surface area contributed by atoms with Crippen molar-refractivity contribution < 1.29 is 14.5 Å². The van der Waals surface area contributed by atoms with Crippen LogP contribution in [0.15, 0.2) is 42.5 Å². The van der Waals surface area contributed by atoms with Gasteiger partial charge in [0, 0.05) is 44.3 Å². The van der Waals surface area contributed by atoms with Crippen LogP contribution in [-0.2, 0) is 11.3 Å². The highest BCUT2D eigenvalue weighted by atomic mass is 35.5. The van der Waals surface area contributed by atoms with Crippen molar-refractivity contribution in [3.63, 3.8) is 0 Å². The van der Waals surface area contributed by atoms with E-state index in [9.17, 15) is 19.7 Å². The predicted molar refractivity (Wildman–Crippen MR) is 103 cm³/mol. The summed E-state index contributed by atoms with van der Waals surface area (Å²) >= 11 is 12.1. The van der Waals surface area contributed by atoms with Gasteiger partial charge in [-0.25, -0.2) is 0 Å². The Balaban J connectivity index is 1.83. The normalized spacial score (nSPS) is 10.3. The zero-order valence-corrected chi connectivity index (χ0v) is 16.0. The number of non-ortho nitro benzene ring substituents is 1. The molecule has 2 amide bonds. The summed E-state index contributed by atoms with van der Waals surface area (Å²) in [6, 6.07) is 10.4. The number of nitro benzene ring substituents is 1. The summed E-state index contributed by atoms with van der Waals surface area (Å²) in [6.07, 6.45) is 0.105. The van der Waals surface area contributed by atoms with Gasteiger partial charge >= 0.3 is 0 Å². The predicted octanol–water partition coefficient (Wildman–Crippen LogP) is 3.68. The van der Waals surface area contributed by atoms with Crippen molar-refractivity contribution in [3.05, 3.63) is 73.8 Å². The Bertz CT molecular complexity index is 856. The highest BCUT2D eigenvalue weighted by Crippen LogP contribution is 2.26. The average molecular weight is 410 g/mol. The molecule has 0 unspecified atom stereocenters. The molecule has 2 aromatic rings. The summed E-state index contributed by atoms with van der Waals surface area (Å²) in [5, 5.41) is 14.1. The highest BCUT2D eigenvalue weighted by molar-refractivity contribution is 6.42. The van der Waals surface area contributed by atoms with E-state index >= 15 is 0 Å². The minimum absolute atomic E-state index is 0.0944. The van der Waals surface area contributed by atoms with Crippen LogP contribution >= 0.6 is 23.2 Å². The van der Waals surface area contributed by atoms with Gasteiger partial charge < -0.3 is 10.2 Å². The average Bonchev–Trinajstić information content (AvgIpc) is 2.65. The lowest BCUT2D eigenvalue weighted by atomic mass is 10.2. The molecule has 27 heavy (non-hydrogen) atoms. The minimum atomic E-state index is -0.539. The lowest BCUT2D eigenvalue weighted by Crippen LogP contribution is -2.32. The second-order valence-corrected chi connectivity index (χ2v) is 6.56. The van der Waals surface area contributed by atoms with E-state index in [0.29, 0.717) is 16.6 Å². The van der Waals surface area contributed by atoms with Crippen LogP contribution in [0.1, 0.15) is 22.3 Å². The molecule has 0 radical (unpaired) electrons. The Morgan fingerprint density at radius 2 is 1.81 bits per heavy atom. The quantitative estimate of drug-likeness (QED) is 0.557. The second kappa shape index (κ2) is 9.34. The first-order valence-corrected chi connectivity index (χ1v) is 8.74. The van der Waals surface area contributed by atoms with Crippen LogP contribution in [-0.4, -0.2) is 35.2 Å². The third-order valence-electron chi connectivity index (χ3n) is 3.83. The first-order valence-electron chi connectivity index (χ1n) is 7.99. The van der Waals surface area contributed by atoms with Crippen molar-refractivity contribution in [2.75, 3.05) is 13.6 Å². The fourth-order valence-corrected chi connectivity index (χ4v) is 2.70. The molecule has 0 aliphatic carbocycles. The van der Waals surface area contributed by atoms with E-state index in [2.05, 4.69) is 5.32 Å². The number of halogens is 2. The molecule has 0 atom stereocenters. The number of nitro groups is 1. The highest BCUT2D eigenvalue weighted by Gasteiger charge is 2.14. The summed E-state index contributed by atoms with van der Waals surface area (Å²) in [6.45, 7) is 0.441. The number of carbonyl (C=O) groups excluding carboxylic acids is 2. The summed E-state index contributed by atoms with van der Waals surface area (Å²) in [5.41, 5.74) is 0.921. The molecule has 0 aromatic heterocycles. The van der Waals surface area contributed by atoms with E-state index < -0.39 is 10.8 Å². The maximum absolute atomic E-state index is 12.2. The molecular weight excluding hydrogens is 393 g/mol. The lowest BCUT2D eigenvalue weighted by Gasteiger charge is -2.18. The molecule has 0 heterocycles. The summed E-state index contributed by atoms with van der Waals surface area (Å²) in [4.78, 5) is 35.8. The van der Waals surface area contributed by atoms with Crippen LogP contribution in [0, 0.1) is 10.1 Å². The van der Waals surface area contributed by atoms with Crippen molar-refractivity contribution in [1.29, 1.82) is 0 Å². The maximum atomic E-state index is 12.2. The third kappa shape index (κ3) is 5.67. The van der Waals surface area contributed by atoms with Crippen LogP contribution in [0.3, 0.4) is 0 Å². The second-order valence-electron chi connectivity index (χ2n) is 5.77. The molecule has 7 nitrogen and oxygen atoms in total. The molecule has 2 aromatic carbocycles. The van der Waals surface area contributed by atoms with E-state index in [4.69, 9.17) is 23.2 Å². The number of hydrogen-bond donors (Lipinski definition) is 1. The number of nitrogens with one attached hydrogen (secondary N) is 1. The monoisotopic (exact) mass is 409 g/mol. The molecule has 0 saturated heterocycles. The number of nitrogens with zero attached hydrogens (tertiary/aromatic N) is 2. The first-order chi connectivity index (χ1) is 12.8. The number of hydrogen-bond acceptors (Lipinski definition) is 4. The molecule has 0 fully saturated rings. The zero-order valence-electron chi connectivity index (χ0n) is 14.4. The molecule has 142 valence electrons. The molecule has 9 heteroatoms. The van der Waals surface area contributed by atoms with Gasteiger partial charge in [0.15, 0.2) is 0 Å². The van der Waals surface area contributed by atoms with Crippen molar-refractivity contribution in [2.45, 2.75) is 13.0 Å². The summed E-state index contributed by atoms with van der Waals surface area (Å²) in [7, 11) is 1.64. The molecular formula is C18H17Cl2N3O4. The van der Waals surface area contributed by atoms with E-state index in [1.165, 1.54) is 29.2 Å². The molecule has 0 aliphatic rings. The summed E-state index contributed by atoms with van der Waals surface area (Å²) in [5.74, 6) is -0.576. The molecule has 0 saturated carbocycles. The van der Waals surface area contributed by atoms with Crippen molar-refractivity contribution >= 4 is 40.7 Å². The van der Waals surface area contributed by atoms with E-state index in [0.717, 1.165) is 5.56 Å². The van der Waals surface area contributed by atoms with Gasteiger partial charge in [-0.15, -0.1) is 0 Å². The van der Waals surface area contributed by atoms with Crippen LogP contribution in [0.25, 0.3) is 0 Å². The van der Waals surface area contributed by atoms with Gasteiger partial charge in [-0.2, -0.15) is 0 Å². The smallest absolute Gasteiger partial charge is 0.269 e. The van der Waals surface area contributed by atoms with Gasteiger partial charge in [0.05, 0.1) is 15.0 Å². The minimum Gasteiger partial charge on any atom is -0.352 e. The van der Waals surface area contributed by atoms with E-state index in [1.807, 2.05) is 0 Å². The van der Waals surface area contributed by atoms with E-state index in [-0.39, 0.29) is 30.1 Å². The zero-order chi connectivity index (χ0) is 20.0. The van der Waals surface area contributed by atoms with Gasteiger partial charge in [-0.05, 0) is 23.8 Å². The Morgan fingerprint density at radius 3 is 2.44 bits per heavy atom. The molecule has 0 aliphatic heterocycles. The van der Waals surface area contributed by atoms with Gasteiger partial charge in [0.25, 0.3) is 11.6 Å². The van der Waals surface area contributed by atoms with Gasteiger partial charge in [-0.1, -0.05) is 35.3 Å². The molecule has 2 rings (SSSR count). The molecule has 0 spiro atoms. The largest absolute Gasteiger partial charge is 0.352 e. The van der Waals surface area contributed by atoms with Crippen LogP contribution in [0.4, 0.5) is 5.69 Å². The van der Waals surface area contributed by atoms with Gasteiger partial charge in [0.1, 0.15) is 0 Å². The number of benzene rings is 2.